The highest BCUT2D eigenvalue weighted by Gasteiger charge is 2.27. The minimum atomic E-state index is 0.667. The van der Waals surface area contributed by atoms with Gasteiger partial charge in [0.15, 0.2) is 0 Å². The minimum Gasteiger partial charge on any atom is -0.309 e. The molecule has 0 spiro atoms. The second-order valence-corrected chi connectivity index (χ2v) is 17.5. The van der Waals surface area contributed by atoms with Crippen LogP contribution in [0.2, 0.25) is 0 Å². The average molecular weight is 806 g/mol. The second kappa shape index (κ2) is 11.8. The summed E-state index contributed by atoms with van der Waals surface area (Å²) in [7, 11) is 0. The Labute approximate surface area is 356 Å². The lowest BCUT2D eigenvalue weighted by atomic mass is 9.98. The number of fused-ring (bicyclic) bond motifs is 18. The highest BCUT2D eigenvalue weighted by molar-refractivity contribution is 7.25. The molecule has 9 aromatic carbocycles. The quantitative estimate of drug-likeness (QED) is 0.178. The van der Waals surface area contributed by atoms with Crippen LogP contribution in [0.15, 0.2) is 188 Å². The van der Waals surface area contributed by atoms with E-state index in [0.717, 1.165) is 43.7 Å². The Morgan fingerprint density at radius 2 is 1.02 bits per heavy atom. The maximum absolute atomic E-state index is 5.74. The summed E-state index contributed by atoms with van der Waals surface area (Å²) in [5, 5.41) is 14.6. The van der Waals surface area contributed by atoms with E-state index in [1.54, 1.807) is 11.3 Å². The van der Waals surface area contributed by atoms with Crippen LogP contribution in [-0.4, -0.2) is 23.5 Å². The molecule has 62 heavy (non-hydrogen) atoms. The van der Waals surface area contributed by atoms with Crippen molar-refractivity contribution in [2.75, 3.05) is 0 Å². The standard InChI is InChI=1S/C56H31N5S/c1-2-15-34(16-3-1)59-42-22-10-6-18-36(42)38-28-26-33(30-46(38)59)53-51-40-21-9-13-25-48(40)62-55(51)58-56(57-53)61-44-24-12-8-20-39(44)50-47(61)31-41-37-19-7-11-23-43(37)60-45-29-27-32-14-4-5-17-35(32)49(45)52(50)54(41)60/h1-31H. The maximum Gasteiger partial charge on any atom is 0.236 e. The fourth-order valence-electron chi connectivity index (χ4n) is 10.9. The van der Waals surface area contributed by atoms with Gasteiger partial charge >= 0.3 is 0 Å². The Bertz CT molecular complexity index is 4390. The minimum absolute atomic E-state index is 0.667. The van der Waals surface area contributed by atoms with Crippen molar-refractivity contribution >= 4 is 124 Å². The number of aromatic nitrogens is 5. The first kappa shape index (κ1) is 32.8. The van der Waals surface area contributed by atoms with Crippen LogP contribution in [0, 0.1) is 0 Å². The van der Waals surface area contributed by atoms with Crippen LogP contribution in [-0.2, 0) is 0 Å². The number of thiophene rings is 1. The summed E-state index contributed by atoms with van der Waals surface area (Å²) in [5.41, 5.74) is 11.3. The lowest BCUT2D eigenvalue weighted by Crippen LogP contribution is -2.02. The van der Waals surface area contributed by atoms with E-state index in [1.165, 1.54) is 86.0 Å². The second-order valence-electron chi connectivity index (χ2n) is 16.5. The van der Waals surface area contributed by atoms with E-state index in [0.29, 0.717) is 5.95 Å². The van der Waals surface area contributed by atoms with E-state index in [4.69, 9.17) is 9.97 Å². The number of benzene rings is 9. The third-order valence-electron chi connectivity index (χ3n) is 13.4. The van der Waals surface area contributed by atoms with Crippen molar-refractivity contribution in [2.45, 2.75) is 0 Å². The van der Waals surface area contributed by atoms with E-state index >= 15 is 0 Å². The Kier molecular flexibility index (Phi) is 6.24. The van der Waals surface area contributed by atoms with Crippen LogP contribution in [0.5, 0.6) is 0 Å². The molecular weight excluding hydrogens is 775 g/mol. The van der Waals surface area contributed by atoms with Gasteiger partial charge in [-0.25, -0.2) is 9.97 Å². The summed E-state index contributed by atoms with van der Waals surface area (Å²) in [5.74, 6) is 0.667. The zero-order chi connectivity index (χ0) is 40.2. The van der Waals surface area contributed by atoms with Crippen molar-refractivity contribution in [1.29, 1.82) is 0 Å². The molecule has 0 aliphatic carbocycles. The van der Waals surface area contributed by atoms with Crippen LogP contribution in [0.1, 0.15) is 0 Å². The number of nitrogens with zero attached hydrogens (tertiary/aromatic N) is 5. The van der Waals surface area contributed by atoms with Crippen molar-refractivity contribution in [3.05, 3.63) is 188 Å². The van der Waals surface area contributed by atoms with Crippen molar-refractivity contribution in [3.63, 3.8) is 0 Å². The molecule has 0 saturated carbocycles. The molecule has 0 atom stereocenters. The van der Waals surface area contributed by atoms with Crippen molar-refractivity contribution in [3.8, 4) is 22.9 Å². The largest absolute Gasteiger partial charge is 0.309 e. The fraction of sp³-hybridized carbons (Fsp3) is 0. The summed E-state index contributed by atoms with van der Waals surface area (Å²) in [6, 6.07) is 68.4. The predicted octanol–water partition coefficient (Wildman–Crippen LogP) is 15.0. The molecule has 0 unspecified atom stereocenters. The zero-order valence-electron chi connectivity index (χ0n) is 33.0. The molecule has 286 valence electrons. The molecule has 6 aromatic heterocycles. The topological polar surface area (TPSA) is 40.0 Å². The Morgan fingerprint density at radius 3 is 1.85 bits per heavy atom. The Morgan fingerprint density at radius 1 is 0.371 bits per heavy atom. The molecule has 0 saturated heterocycles. The molecule has 0 amide bonds. The molecule has 15 aromatic rings. The zero-order valence-corrected chi connectivity index (χ0v) is 33.9. The van der Waals surface area contributed by atoms with E-state index in [-0.39, 0.29) is 0 Å². The third-order valence-corrected chi connectivity index (χ3v) is 14.4. The van der Waals surface area contributed by atoms with Crippen molar-refractivity contribution < 1.29 is 0 Å². The first-order valence-electron chi connectivity index (χ1n) is 21.1. The molecule has 15 rings (SSSR count). The van der Waals surface area contributed by atoms with Gasteiger partial charge in [0.1, 0.15) is 4.83 Å². The number of hydrogen-bond donors (Lipinski definition) is 0. The smallest absolute Gasteiger partial charge is 0.236 e. The van der Waals surface area contributed by atoms with E-state index < -0.39 is 0 Å². The van der Waals surface area contributed by atoms with Gasteiger partial charge in [-0.1, -0.05) is 133 Å². The van der Waals surface area contributed by atoms with Gasteiger partial charge in [0.05, 0.1) is 44.3 Å². The predicted molar refractivity (Wildman–Crippen MR) is 261 cm³/mol. The van der Waals surface area contributed by atoms with Gasteiger partial charge in [0, 0.05) is 69.8 Å². The molecule has 0 fully saturated rings. The van der Waals surface area contributed by atoms with Crippen LogP contribution in [0.3, 0.4) is 0 Å². The summed E-state index contributed by atoms with van der Waals surface area (Å²) in [6.45, 7) is 0. The van der Waals surface area contributed by atoms with Crippen molar-refractivity contribution in [1.82, 2.24) is 23.5 Å². The van der Waals surface area contributed by atoms with Gasteiger partial charge in [0.25, 0.3) is 0 Å². The first-order chi connectivity index (χ1) is 30.8. The number of para-hydroxylation sites is 4. The van der Waals surface area contributed by atoms with E-state index in [2.05, 4.69) is 202 Å². The van der Waals surface area contributed by atoms with Crippen LogP contribution in [0.25, 0.3) is 136 Å². The first-order valence-corrected chi connectivity index (χ1v) is 21.9. The van der Waals surface area contributed by atoms with Crippen LogP contribution >= 0.6 is 11.3 Å². The lowest BCUT2D eigenvalue weighted by molar-refractivity contribution is 1.02. The molecule has 0 radical (unpaired) electrons. The summed E-state index contributed by atoms with van der Waals surface area (Å²) in [4.78, 5) is 12.3. The van der Waals surface area contributed by atoms with E-state index in [1.807, 2.05) is 0 Å². The van der Waals surface area contributed by atoms with Crippen LogP contribution in [0.4, 0.5) is 0 Å². The van der Waals surface area contributed by atoms with Gasteiger partial charge in [-0.2, -0.15) is 0 Å². The molecule has 0 bridgehead atoms. The average Bonchev–Trinajstić information content (AvgIpc) is 4.13. The molecule has 6 heterocycles. The van der Waals surface area contributed by atoms with Gasteiger partial charge < -0.3 is 8.97 Å². The van der Waals surface area contributed by atoms with Crippen molar-refractivity contribution in [2.24, 2.45) is 0 Å². The molecular formula is C56H31N5S. The van der Waals surface area contributed by atoms with Gasteiger partial charge in [-0.05, 0) is 65.4 Å². The summed E-state index contributed by atoms with van der Waals surface area (Å²) in [6.07, 6.45) is 0. The summed E-state index contributed by atoms with van der Waals surface area (Å²) >= 11 is 1.74. The fourth-order valence-corrected chi connectivity index (χ4v) is 12.0. The van der Waals surface area contributed by atoms with Gasteiger partial charge in [-0.15, -0.1) is 11.3 Å². The van der Waals surface area contributed by atoms with Crippen LogP contribution < -0.4 is 0 Å². The Balaban J connectivity index is 1.10. The lowest BCUT2D eigenvalue weighted by Gasteiger charge is -2.12. The molecule has 0 aliphatic heterocycles. The van der Waals surface area contributed by atoms with Gasteiger partial charge in [0.2, 0.25) is 5.95 Å². The SMILES string of the molecule is c1ccc(-n2c3ccccc3c3ccc(-c4nc(-n5c6ccccc6c6c7c8c9ccccc9ccc8n8c9ccccc9c(cc65)c78)nc5sc6ccccc6c45)cc32)cc1. The normalized spacial score (nSPS) is 12.5. The number of rotatable bonds is 3. The molecule has 5 nitrogen and oxygen atoms in total. The monoisotopic (exact) mass is 805 g/mol. The Hall–Kier alpha value is -8.06. The highest BCUT2D eigenvalue weighted by atomic mass is 32.1. The van der Waals surface area contributed by atoms with E-state index in [9.17, 15) is 0 Å². The summed E-state index contributed by atoms with van der Waals surface area (Å²) < 4.78 is 8.42. The molecule has 0 aliphatic rings. The highest BCUT2D eigenvalue weighted by Crippen LogP contribution is 2.49. The maximum atomic E-state index is 5.74. The third kappa shape index (κ3) is 4.12. The number of hydrogen-bond acceptors (Lipinski definition) is 3. The molecule has 0 N–H and O–H groups in total. The molecule has 6 heteroatoms. The van der Waals surface area contributed by atoms with Gasteiger partial charge in [-0.3, -0.25) is 4.57 Å².